The molecule has 0 amide bonds. The van der Waals surface area contributed by atoms with Crippen LogP contribution in [0.1, 0.15) is 62.5 Å². The van der Waals surface area contributed by atoms with E-state index in [1.54, 1.807) is 0 Å². The Labute approximate surface area is 159 Å². The fourth-order valence-corrected chi connectivity index (χ4v) is 2.88. The van der Waals surface area contributed by atoms with E-state index in [1.807, 2.05) is 33.4 Å². The molecule has 9 nitrogen and oxygen atoms in total. The molecule has 0 fully saturated rings. The maximum absolute atomic E-state index is 4.28. The third-order valence-corrected chi connectivity index (χ3v) is 4.48. The van der Waals surface area contributed by atoms with E-state index in [0.29, 0.717) is 5.92 Å². The van der Waals surface area contributed by atoms with Crippen LogP contribution < -0.4 is 0 Å². The number of hydrogen-bond acceptors (Lipinski definition) is 6. The van der Waals surface area contributed by atoms with Crippen molar-refractivity contribution in [1.29, 1.82) is 0 Å². The average Bonchev–Trinajstić information content (AvgIpc) is 3.37. The molecule has 0 radical (unpaired) electrons. The third kappa shape index (κ3) is 5.97. The molecule has 3 heterocycles. The molecular formula is C18H29N9. The summed E-state index contributed by atoms with van der Waals surface area (Å²) in [5.74, 6) is 0.425. The Kier molecular flexibility index (Phi) is 6.67. The standard InChI is InChI=1S/C18H29N9/c1-15(2)18-14-27(24-21-18)9-5-4-8-17-13-26(23-20-17)11-7-6-10-25-12-16(3)19-22-25/h12-15H,4-11H2,1-3H3. The lowest BCUT2D eigenvalue weighted by molar-refractivity contribution is 0.487. The van der Waals surface area contributed by atoms with Gasteiger partial charge in [0.1, 0.15) is 0 Å². The predicted molar refractivity (Wildman–Crippen MR) is 101 cm³/mol. The first-order valence-corrected chi connectivity index (χ1v) is 9.76. The molecule has 0 spiro atoms. The molecule has 0 saturated heterocycles. The summed E-state index contributed by atoms with van der Waals surface area (Å²) in [5.41, 5.74) is 3.07. The molecule has 0 aliphatic carbocycles. The van der Waals surface area contributed by atoms with Crippen LogP contribution in [0.2, 0.25) is 0 Å². The van der Waals surface area contributed by atoms with E-state index in [0.717, 1.165) is 68.8 Å². The van der Waals surface area contributed by atoms with Gasteiger partial charge in [0.2, 0.25) is 0 Å². The molecule has 0 aliphatic heterocycles. The minimum Gasteiger partial charge on any atom is -0.252 e. The highest BCUT2D eigenvalue weighted by Crippen LogP contribution is 2.10. The van der Waals surface area contributed by atoms with E-state index in [1.165, 1.54) is 0 Å². The van der Waals surface area contributed by atoms with Crippen LogP contribution in [0.5, 0.6) is 0 Å². The number of unbranched alkanes of at least 4 members (excludes halogenated alkanes) is 2. The van der Waals surface area contributed by atoms with Gasteiger partial charge in [0, 0.05) is 38.2 Å². The first kappa shape index (κ1) is 19.2. The largest absolute Gasteiger partial charge is 0.252 e. The highest BCUT2D eigenvalue weighted by atomic mass is 15.4. The van der Waals surface area contributed by atoms with Crippen molar-refractivity contribution in [3.05, 3.63) is 35.7 Å². The number of aryl methyl sites for hydroxylation is 5. The molecule has 9 heteroatoms. The Morgan fingerprint density at radius 2 is 1.33 bits per heavy atom. The fraction of sp³-hybridized carbons (Fsp3) is 0.667. The van der Waals surface area contributed by atoms with Gasteiger partial charge < -0.3 is 0 Å². The molecule has 0 atom stereocenters. The van der Waals surface area contributed by atoms with Crippen LogP contribution in [0.4, 0.5) is 0 Å². The van der Waals surface area contributed by atoms with E-state index < -0.39 is 0 Å². The van der Waals surface area contributed by atoms with E-state index in [-0.39, 0.29) is 0 Å². The molecule has 0 N–H and O–H groups in total. The van der Waals surface area contributed by atoms with Crippen molar-refractivity contribution in [3.63, 3.8) is 0 Å². The number of hydrogen-bond donors (Lipinski definition) is 0. The topological polar surface area (TPSA) is 92.1 Å². The van der Waals surface area contributed by atoms with Gasteiger partial charge >= 0.3 is 0 Å². The Balaban J connectivity index is 1.30. The third-order valence-electron chi connectivity index (χ3n) is 4.48. The summed E-state index contributed by atoms with van der Waals surface area (Å²) in [7, 11) is 0. The number of aromatic nitrogens is 9. The molecule has 3 aromatic heterocycles. The van der Waals surface area contributed by atoms with E-state index in [9.17, 15) is 0 Å². The zero-order valence-electron chi connectivity index (χ0n) is 16.5. The molecular weight excluding hydrogens is 342 g/mol. The lowest BCUT2D eigenvalue weighted by atomic mass is 10.1. The lowest BCUT2D eigenvalue weighted by Gasteiger charge is -2.01. The van der Waals surface area contributed by atoms with Crippen LogP contribution in [-0.2, 0) is 26.1 Å². The lowest BCUT2D eigenvalue weighted by Crippen LogP contribution is -2.03. The minimum absolute atomic E-state index is 0.425. The second-order valence-corrected chi connectivity index (χ2v) is 7.32. The highest BCUT2D eigenvalue weighted by Gasteiger charge is 2.05. The van der Waals surface area contributed by atoms with Gasteiger partial charge in [0.15, 0.2) is 0 Å². The Hall–Kier alpha value is -2.58. The maximum atomic E-state index is 4.28. The first-order chi connectivity index (χ1) is 13.1. The zero-order chi connectivity index (χ0) is 19.1. The quantitative estimate of drug-likeness (QED) is 0.481. The molecule has 3 aromatic rings. The Morgan fingerprint density at radius 3 is 1.96 bits per heavy atom. The van der Waals surface area contributed by atoms with Gasteiger partial charge in [-0.15, -0.1) is 15.3 Å². The van der Waals surface area contributed by atoms with Gasteiger partial charge in [-0.25, -0.2) is 0 Å². The number of nitrogens with zero attached hydrogens (tertiary/aromatic N) is 9. The summed E-state index contributed by atoms with van der Waals surface area (Å²) >= 11 is 0. The van der Waals surface area contributed by atoms with Crippen LogP contribution in [0.15, 0.2) is 18.6 Å². The summed E-state index contributed by atoms with van der Waals surface area (Å²) in [6.07, 6.45) is 11.3. The van der Waals surface area contributed by atoms with Gasteiger partial charge in [-0.1, -0.05) is 29.5 Å². The van der Waals surface area contributed by atoms with Gasteiger partial charge in [0.05, 0.1) is 17.1 Å². The molecule has 0 unspecified atom stereocenters. The molecule has 0 aromatic carbocycles. The average molecular weight is 371 g/mol. The van der Waals surface area contributed by atoms with Crippen molar-refractivity contribution >= 4 is 0 Å². The Morgan fingerprint density at radius 1 is 0.741 bits per heavy atom. The van der Waals surface area contributed by atoms with E-state index in [2.05, 4.69) is 51.0 Å². The second-order valence-electron chi connectivity index (χ2n) is 7.32. The smallest absolute Gasteiger partial charge is 0.0852 e. The monoisotopic (exact) mass is 371 g/mol. The van der Waals surface area contributed by atoms with Crippen molar-refractivity contribution in [3.8, 4) is 0 Å². The van der Waals surface area contributed by atoms with E-state index in [4.69, 9.17) is 0 Å². The van der Waals surface area contributed by atoms with Gasteiger partial charge in [-0.3, -0.25) is 14.0 Å². The minimum atomic E-state index is 0.425. The summed E-state index contributed by atoms with van der Waals surface area (Å²) in [6, 6.07) is 0. The molecule has 0 bridgehead atoms. The van der Waals surface area contributed by atoms with Crippen LogP contribution in [-0.4, -0.2) is 45.0 Å². The van der Waals surface area contributed by atoms with Gasteiger partial charge in [-0.05, 0) is 44.9 Å². The van der Waals surface area contributed by atoms with Crippen LogP contribution in [0.25, 0.3) is 0 Å². The normalized spacial score (nSPS) is 11.6. The van der Waals surface area contributed by atoms with Gasteiger partial charge in [0.25, 0.3) is 0 Å². The first-order valence-electron chi connectivity index (χ1n) is 9.76. The SMILES string of the molecule is Cc1cn(CCCCn2cc(CCCCn3cc(C(C)C)nn3)nn2)nn1. The van der Waals surface area contributed by atoms with Crippen molar-refractivity contribution in [1.82, 2.24) is 45.0 Å². The summed E-state index contributed by atoms with van der Waals surface area (Å²) in [6.45, 7) is 8.89. The van der Waals surface area contributed by atoms with Crippen molar-refractivity contribution in [2.24, 2.45) is 0 Å². The maximum Gasteiger partial charge on any atom is 0.0852 e. The second kappa shape index (κ2) is 9.38. The molecule has 146 valence electrons. The molecule has 0 saturated carbocycles. The van der Waals surface area contributed by atoms with E-state index >= 15 is 0 Å². The number of rotatable bonds is 11. The highest BCUT2D eigenvalue weighted by molar-refractivity contribution is 4.98. The molecule has 3 rings (SSSR count). The Bertz CT molecular complexity index is 814. The summed E-state index contributed by atoms with van der Waals surface area (Å²) in [5, 5.41) is 24.9. The summed E-state index contributed by atoms with van der Waals surface area (Å²) < 4.78 is 5.76. The van der Waals surface area contributed by atoms with Crippen molar-refractivity contribution in [2.45, 2.75) is 78.4 Å². The van der Waals surface area contributed by atoms with Crippen LogP contribution in [0, 0.1) is 6.92 Å². The molecule has 0 aliphatic rings. The summed E-state index contributed by atoms with van der Waals surface area (Å²) in [4.78, 5) is 0. The van der Waals surface area contributed by atoms with Crippen LogP contribution >= 0.6 is 0 Å². The van der Waals surface area contributed by atoms with Crippen LogP contribution in [0.3, 0.4) is 0 Å². The van der Waals surface area contributed by atoms with Crippen molar-refractivity contribution < 1.29 is 0 Å². The van der Waals surface area contributed by atoms with Gasteiger partial charge in [-0.2, -0.15) is 0 Å². The van der Waals surface area contributed by atoms with Crippen molar-refractivity contribution in [2.75, 3.05) is 0 Å². The fourth-order valence-electron chi connectivity index (χ4n) is 2.88. The predicted octanol–water partition coefficient (Wildman–Crippen LogP) is 2.40. The zero-order valence-corrected chi connectivity index (χ0v) is 16.5. The molecule has 27 heavy (non-hydrogen) atoms.